The van der Waals surface area contributed by atoms with Gasteiger partial charge in [-0.1, -0.05) is 12.1 Å². The number of anilines is 1. The van der Waals surface area contributed by atoms with E-state index in [4.69, 9.17) is 9.15 Å². The molecule has 0 aliphatic heterocycles. The molecule has 2 aromatic rings. The summed E-state index contributed by atoms with van der Waals surface area (Å²) in [6.07, 6.45) is 0.700. The van der Waals surface area contributed by atoms with Crippen LogP contribution in [-0.2, 0) is 11.2 Å². The van der Waals surface area contributed by atoms with Crippen LogP contribution in [0.5, 0.6) is 5.75 Å². The summed E-state index contributed by atoms with van der Waals surface area (Å²) in [5, 5.41) is 10.4. The molecule has 2 rings (SSSR count). The number of aryl methyl sites for hydroxylation is 2. The van der Waals surface area contributed by atoms with E-state index in [0.717, 1.165) is 0 Å². The molecule has 1 N–H and O–H groups in total. The molecule has 0 unspecified atom stereocenters. The van der Waals surface area contributed by atoms with Crippen LogP contribution in [-0.4, -0.2) is 22.7 Å². The zero-order chi connectivity index (χ0) is 14.4. The Morgan fingerprint density at radius 1 is 1.35 bits per heavy atom. The molecular weight excluding hydrogens is 258 g/mol. The minimum absolute atomic E-state index is 0.118. The average molecular weight is 275 g/mol. The Bertz CT molecular complexity index is 581. The number of amides is 1. The number of nitrogens with one attached hydrogen (secondary N) is 1. The number of carbonyl (C=O) groups excluding carboxylic acids is 1. The van der Waals surface area contributed by atoms with Gasteiger partial charge in [-0.25, -0.2) is 0 Å². The Hall–Kier alpha value is -2.37. The zero-order valence-corrected chi connectivity index (χ0v) is 11.5. The quantitative estimate of drug-likeness (QED) is 0.875. The number of hydrogen-bond donors (Lipinski definition) is 1. The van der Waals surface area contributed by atoms with Crippen LogP contribution in [0.15, 0.2) is 28.7 Å². The van der Waals surface area contributed by atoms with Crippen LogP contribution in [0.3, 0.4) is 0 Å². The monoisotopic (exact) mass is 275 g/mol. The van der Waals surface area contributed by atoms with Gasteiger partial charge in [0.25, 0.3) is 0 Å². The predicted molar refractivity (Wildman–Crippen MR) is 73.6 cm³/mol. The molecular formula is C14H17N3O3. The maximum atomic E-state index is 11.9. The Morgan fingerprint density at radius 2 is 2.15 bits per heavy atom. The number of nitrogens with zero attached hydrogens (tertiary/aromatic N) is 2. The largest absolute Gasteiger partial charge is 0.492 e. The van der Waals surface area contributed by atoms with Crippen molar-refractivity contribution in [3.05, 3.63) is 36.0 Å². The molecule has 0 atom stereocenters. The molecule has 1 aromatic heterocycles. The first kappa shape index (κ1) is 14.0. The minimum Gasteiger partial charge on any atom is -0.492 e. The number of aromatic nitrogens is 2. The van der Waals surface area contributed by atoms with Gasteiger partial charge in [0.15, 0.2) is 0 Å². The third kappa shape index (κ3) is 3.81. The number of hydrogen-bond acceptors (Lipinski definition) is 5. The van der Waals surface area contributed by atoms with Gasteiger partial charge in [-0.2, -0.15) is 0 Å². The number of benzene rings is 1. The van der Waals surface area contributed by atoms with Gasteiger partial charge in [-0.15, -0.1) is 10.2 Å². The molecule has 20 heavy (non-hydrogen) atoms. The van der Waals surface area contributed by atoms with Gasteiger partial charge in [0.05, 0.1) is 12.3 Å². The topological polar surface area (TPSA) is 77.2 Å². The lowest BCUT2D eigenvalue weighted by Crippen LogP contribution is -2.13. The number of rotatable bonds is 6. The van der Waals surface area contributed by atoms with E-state index in [-0.39, 0.29) is 12.3 Å². The van der Waals surface area contributed by atoms with Crippen LogP contribution in [0.1, 0.15) is 25.1 Å². The lowest BCUT2D eigenvalue weighted by molar-refractivity contribution is -0.116. The maximum Gasteiger partial charge on any atom is 0.224 e. The second-order valence-electron chi connectivity index (χ2n) is 4.19. The highest BCUT2D eigenvalue weighted by Gasteiger charge is 2.09. The summed E-state index contributed by atoms with van der Waals surface area (Å²) in [5.41, 5.74) is 0.668. The van der Waals surface area contributed by atoms with Crippen molar-refractivity contribution in [1.82, 2.24) is 10.2 Å². The van der Waals surface area contributed by atoms with E-state index in [2.05, 4.69) is 15.5 Å². The van der Waals surface area contributed by atoms with E-state index in [1.165, 1.54) is 0 Å². The van der Waals surface area contributed by atoms with Crippen molar-refractivity contribution in [3.8, 4) is 5.75 Å². The van der Waals surface area contributed by atoms with Crippen molar-refractivity contribution in [2.24, 2.45) is 0 Å². The van der Waals surface area contributed by atoms with Crippen LogP contribution in [0.25, 0.3) is 0 Å². The molecule has 6 nitrogen and oxygen atoms in total. The molecule has 0 aliphatic rings. The van der Waals surface area contributed by atoms with Gasteiger partial charge in [0, 0.05) is 19.8 Å². The minimum atomic E-state index is -0.118. The molecule has 1 aromatic carbocycles. The zero-order valence-electron chi connectivity index (χ0n) is 11.5. The third-order valence-corrected chi connectivity index (χ3v) is 2.59. The molecule has 0 bridgehead atoms. The molecule has 0 spiro atoms. The van der Waals surface area contributed by atoms with E-state index < -0.39 is 0 Å². The number of para-hydroxylation sites is 2. The fraction of sp³-hybridized carbons (Fsp3) is 0.357. The standard InChI is InChI=1S/C14H17N3O3/c1-3-19-12-7-5-4-6-11(12)15-13(18)8-9-14-17-16-10(2)20-14/h4-7H,3,8-9H2,1-2H3,(H,15,18). The Morgan fingerprint density at radius 3 is 2.85 bits per heavy atom. The highest BCUT2D eigenvalue weighted by atomic mass is 16.5. The van der Waals surface area contributed by atoms with Crippen molar-refractivity contribution in [2.45, 2.75) is 26.7 Å². The molecule has 0 saturated heterocycles. The van der Waals surface area contributed by atoms with E-state index in [1.807, 2.05) is 25.1 Å². The highest BCUT2D eigenvalue weighted by molar-refractivity contribution is 5.92. The molecule has 1 heterocycles. The average Bonchev–Trinajstić information content (AvgIpc) is 2.85. The fourth-order valence-electron chi connectivity index (χ4n) is 1.72. The van der Waals surface area contributed by atoms with Crippen LogP contribution in [0, 0.1) is 6.92 Å². The summed E-state index contributed by atoms with van der Waals surface area (Å²) < 4.78 is 10.7. The van der Waals surface area contributed by atoms with E-state index >= 15 is 0 Å². The van der Waals surface area contributed by atoms with Gasteiger partial charge in [0.2, 0.25) is 17.7 Å². The van der Waals surface area contributed by atoms with Crippen LogP contribution in [0.4, 0.5) is 5.69 Å². The first-order valence-corrected chi connectivity index (χ1v) is 6.49. The predicted octanol–water partition coefficient (Wildman–Crippen LogP) is 2.35. The van der Waals surface area contributed by atoms with Gasteiger partial charge >= 0.3 is 0 Å². The van der Waals surface area contributed by atoms with Crippen molar-refractivity contribution in [3.63, 3.8) is 0 Å². The molecule has 1 amide bonds. The second kappa shape index (κ2) is 6.70. The van der Waals surface area contributed by atoms with Crippen molar-refractivity contribution in [2.75, 3.05) is 11.9 Å². The summed E-state index contributed by atoms with van der Waals surface area (Å²) in [6.45, 7) is 4.17. The first-order valence-electron chi connectivity index (χ1n) is 6.49. The van der Waals surface area contributed by atoms with Gasteiger partial charge in [0.1, 0.15) is 5.75 Å². The van der Waals surface area contributed by atoms with Gasteiger partial charge in [-0.3, -0.25) is 4.79 Å². The summed E-state index contributed by atoms with van der Waals surface area (Å²) in [6, 6.07) is 7.33. The lowest BCUT2D eigenvalue weighted by atomic mass is 10.2. The van der Waals surface area contributed by atoms with Crippen LogP contribution in [0.2, 0.25) is 0 Å². The van der Waals surface area contributed by atoms with Crippen LogP contribution >= 0.6 is 0 Å². The van der Waals surface area contributed by atoms with Crippen molar-refractivity contribution in [1.29, 1.82) is 0 Å². The fourth-order valence-corrected chi connectivity index (χ4v) is 1.72. The van der Waals surface area contributed by atoms with E-state index in [1.54, 1.807) is 13.0 Å². The Labute approximate surface area is 117 Å². The lowest BCUT2D eigenvalue weighted by Gasteiger charge is -2.10. The van der Waals surface area contributed by atoms with Crippen molar-refractivity contribution < 1.29 is 13.9 Å². The third-order valence-electron chi connectivity index (χ3n) is 2.59. The first-order chi connectivity index (χ1) is 9.69. The summed E-state index contributed by atoms with van der Waals surface area (Å²) in [5.74, 6) is 1.52. The molecule has 0 saturated carbocycles. The van der Waals surface area contributed by atoms with Crippen molar-refractivity contribution >= 4 is 11.6 Å². The summed E-state index contributed by atoms with van der Waals surface area (Å²) in [7, 11) is 0. The molecule has 0 fully saturated rings. The summed E-state index contributed by atoms with van der Waals surface area (Å²) >= 11 is 0. The Balaban J connectivity index is 1.91. The van der Waals surface area contributed by atoms with E-state index in [9.17, 15) is 4.79 Å². The van der Waals surface area contributed by atoms with Gasteiger partial charge < -0.3 is 14.5 Å². The van der Waals surface area contributed by atoms with Gasteiger partial charge in [-0.05, 0) is 19.1 Å². The molecule has 106 valence electrons. The highest BCUT2D eigenvalue weighted by Crippen LogP contribution is 2.23. The molecule has 0 radical (unpaired) electrons. The SMILES string of the molecule is CCOc1ccccc1NC(=O)CCc1nnc(C)o1. The number of carbonyl (C=O) groups is 1. The maximum absolute atomic E-state index is 11.9. The normalized spacial score (nSPS) is 10.3. The van der Waals surface area contributed by atoms with Crippen LogP contribution < -0.4 is 10.1 Å². The molecule has 0 aliphatic carbocycles. The molecule has 6 heteroatoms. The van der Waals surface area contributed by atoms with E-state index in [0.29, 0.717) is 36.2 Å². The second-order valence-corrected chi connectivity index (χ2v) is 4.19. The Kier molecular flexibility index (Phi) is 4.70. The smallest absolute Gasteiger partial charge is 0.224 e. The summed E-state index contributed by atoms with van der Waals surface area (Å²) in [4.78, 5) is 11.9. The number of ether oxygens (including phenoxy) is 1.